The highest BCUT2D eigenvalue weighted by molar-refractivity contribution is 5.75. The molecule has 0 aliphatic carbocycles. The molecule has 2 unspecified atom stereocenters. The van der Waals surface area contributed by atoms with Crippen LogP contribution in [-0.2, 0) is 14.3 Å². The van der Waals surface area contributed by atoms with Crippen molar-refractivity contribution < 1.29 is 14.3 Å². The molecular formula is C16H23NO4. The van der Waals surface area contributed by atoms with Crippen molar-refractivity contribution in [2.75, 3.05) is 7.11 Å². The lowest BCUT2D eigenvalue weighted by atomic mass is 10.0. The minimum atomic E-state index is -0.973. The van der Waals surface area contributed by atoms with Gasteiger partial charge in [-0.25, -0.2) is 4.79 Å². The van der Waals surface area contributed by atoms with Crippen molar-refractivity contribution in [1.82, 2.24) is 0 Å². The Kier molecular flexibility index (Phi) is 7.02. The summed E-state index contributed by atoms with van der Waals surface area (Å²) in [4.78, 5) is 22.1. The van der Waals surface area contributed by atoms with E-state index >= 15 is 0 Å². The van der Waals surface area contributed by atoms with Crippen molar-refractivity contribution in [1.29, 1.82) is 0 Å². The second-order valence-electron chi connectivity index (χ2n) is 5.31. The van der Waals surface area contributed by atoms with E-state index in [-0.39, 0.29) is 12.2 Å². The van der Waals surface area contributed by atoms with Crippen molar-refractivity contribution in [3.8, 4) is 0 Å². The van der Waals surface area contributed by atoms with Crippen molar-refractivity contribution in [2.45, 2.75) is 51.9 Å². The number of nitroso groups, excluding NO2 is 1. The van der Waals surface area contributed by atoms with Gasteiger partial charge in [0.15, 0.2) is 6.04 Å². The number of methoxy groups -OCH3 is 1. The van der Waals surface area contributed by atoms with Crippen LogP contribution in [0.2, 0.25) is 0 Å². The van der Waals surface area contributed by atoms with E-state index in [1.807, 2.05) is 45.0 Å². The fraction of sp³-hybridized carbons (Fsp3) is 0.562. The molecule has 0 radical (unpaired) electrons. The van der Waals surface area contributed by atoms with Crippen LogP contribution in [0.4, 0.5) is 0 Å². The summed E-state index contributed by atoms with van der Waals surface area (Å²) >= 11 is 0. The smallest absolute Gasteiger partial charge is 0.334 e. The van der Waals surface area contributed by atoms with Gasteiger partial charge < -0.3 is 9.47 Å². The van der Waals surface area contributed by atoms with E-state index < -0.39 is 12.0 Å². The third kappa shape index (κ3) is 5.63. The summed E-state index contributed by atoms with van der Waals surface area (Å²) in [7, 11) is 1.25. The van der Waals surface area contributed by atoms with Gasteiger partial charge in [0, 0.05) is 0 Å². The van der Waals surface area contributed by atoms with Crippen molar-refractivity contribution in [3.05, 3.63) is 40.3 Å². The van der Waals surface area contributed by atoms with Crippen LogP contribution >= 0.6 is 0 Å². The Balaban J connectivity index is 2.76. The van der Waals surface area contributed by atoms with Crippen LogP contribution in [0.3, 0.4) is 0 Å². The van der Waals surface area contributed by atoms with Gasteiger partial charge in [0.1, 0.15) is 0 Å². The molecule has 0 heterocycles. The van der Waals surface area contributed by atoms with Gasteiger partial charge in [-0.1, -0.05) is 35.0 Å². The Morgan fingerprint density at radius 1 is 1.19 bits per heavy atom. The average Bonchev–Trinajstić information content (AvgIpc) is 2.46. The van der Waals surface area contributed by atoms with Crippen LogP contribution in [-0.4, -0.2) is 25.2 Å². The molecule has 0 N–H and O–H groups in total. The largest absolute Gasteiger partial charge is 0.467 e. The second-order valence-corrected chi connectivity index (χ2v) is 5.31. The van der Waals surface area contributed by atoms with Crippen LogP contribution in [0.25, 0.3) is 0 Å². The molecule has 2 atom stereocenters. The van der Waals surface area contributed by atoms with Crippen LogP contribution in [0.5, 0.6) is 0 Å². The first-order chi connectivity index (χ1) is 9.97. The fourth-order valence-corrected chi connectivity index (χ4v) is 2.08. The number of nitrogens with zero attached hydrogens (tertiary/aromatic N) is 1. The molecule has 1 aromatic carbocycles. The summed E-state index contributed by atoms with van der Waals surface area (Å²) in [5.74, 6) is -0.600. The molecule has 0 bridgehead atoms. The van der Waals surface area contributed by atoms with Crippen LogP contribution < -0.4 is 0 Å². The average molecular weight is 293 g/mol. The zero-order chi connectivity index (χ0) is 15.8. The van der Waals surface area contributed by atoms with E-state index in [2.05, 4.69) is 9.91 Å². The van der Waals surface area contributed by atoms with Gasteiger partial charge in [-0.3, -0.25) is 0 Å². The standard InChI is InChI=1S/C16H23NO4/c1-11(2)21-15(13-7-5-12(3)6-8-13)10-9-14(17-19)16(18)20-4/h5-8,11,14-15H,9-10H2,1-4H3. The quantitative estimate of drug-likeness (QED) is 0.543. The zero-order valence-electron chi connectivity index (χ0n) is 13.0. The lowest BCUT2D eigenvalue weighted by Crippen LogP contribution is -2.21. The number of ether oxygens (including phenoxy) is 2. The molecule has 21 heavy (non-hydrogen) atoms. The summed E-state index contributed by atoms with van der Waals surface area (Å²) in [6, 6.07) is 7.07. The third-order valence-corrected chi connectivity index (χ3v) is 3.19. The fourth-order valence-electron chi connectivity index (χ4n) is 2.08. The molecule has 0 saturated carbocycles. The first kappa shape index (κ1) is 17.3. The third-order valence-electron chi connectivity index (χ3n) is 3.19. The SMILES string of the molecule is COC(=O)C(CCC(OC(C)C)c1ccc(C)cc1)N=O. The number of carbonyl (C=O) groups is 1. The van der Waals surface area contributed by atoms with Gasteiger partial charge in [-0.05, 0) is 39.2 Å². The Morgan fingerprint density at radius 3 is 2.29 bits per heavy atom. The highest BCUT2D eigenvalue weighted by atomic mass is 16.5. The number of benzene rings is 1. The first-order valence-electron chi connectivity index (χ1n) is 7.10. The number of esters is 1. The predicted octanol–water partition coefficient (Wildman–Crippen LogP) is 3.55. The van der Waals surface area contributed by atoms with Gasteiger partial charge in [-0.2, -0.15) is 0 Å². The lowest BCUT2D eigenvalue weighted by Gasteiger charge is -2.21. The van der Waals surface area contributed by atoms with E-state index in [4.69, 9.17) is 4.74 Å². The predicted molar refractivity (Wildman–Crippen MR) is 81.0 cm³/mol. The van der Waals surface area contributed by atoms with Gasteiger partial charge in [0.25, 0.3) is 0 Å². The molecule has 0 saturated heterocycles. The second kappa shape index (κ2) is 8.52. The topological polar surface area (TPSA) is 65.0 Å². The molecule has 0 aliphatic rings. The summed E-state index contributed by atoms with van der Waals surface area (Å²) in [6.45, 7) is 5.93. The number of rotatable bonds is 8. The Hall–Kier alpha value is -1.75. The molecule has 1 rings (SSSR count). The number of hydrogen-bond acceptors (Lipinski definition) is 5. The molecule has 116 valence electrons. The zero-order valence-corrected chi connectivity index (χ0v) is 13.0. The molecule has 0 aromatic heterocycles. The highest BCUT2D eigenvalue weighted by Crippen LogP contribution is 2.26. The van der Waals surface area contributed by atoms with Gasteiger partial charge in [0.05, 0.1) is 19.3 Å². The van der Waals surface area contributed by atoms with Crippen LogP contribution in [0.15, 0.2) is 29.4 Å². The van der Waals surface area contributed by atoms with Gasteiger partial charge in [0.2, 0.25) is 0 Å². The normalized spacial score (nSPS) is 13.8. The molecule has 5 heteroatoms. The van der Waals surface area contributed by atoms with E-state index in [0.717, 1.165) is 5.56 Å². The van der Waals surface area contributed by atoms with Crippen LogP contribution in [0, 0.1) is 11.8 Å². The van der Waals surface area contributed by atoms with Crippen molar-refractivity contribution in [3.63, 3.8) is 0 Å². The molecule has 0 spiro atoms. The number of aryl methyl sites for hydroxylation is 1. The number of hydrogen-bond donors (Lipinski definition) is 0. The first-order valence-corrected chi connectivity index (χ1v) is 7.10. The molecule has 1 aromatic rings. The maximum atomic E-state index is 11.4. The molecule has 0 fully saturated rings. The minimum Gasteiger partial charge on any atom is -0.467 e. The van der Waals surface area contributed by atoms with Gasteiger partial charge >= 0.3 is 5.97 Å². The minimum absolute atomic E-state index is 0.0528. The summed E-state index contributed by atoms with van der Waals surface area (Å²) in [5.41, 5.74) is 2.20. The lowest BCUT2D eigenvalue weighted by molar-refractivity contribution is -0.142. The summed E-state index contributed by atoms with van der Waals surface area (Å²) in [5, 5.41) is 2.84. The van der Waals surface area contributed by atoms with Crippen molar-refractivity contribution in [2.24, 2.45) is 5.18 Å². The summed E-state index contributed by atoms with van der Waals surface area (Å²) < 4.78 is 10.5. The maximum absolute atomic E-state index is 11.4. The van der Waals surface area contributed by atoms with Crippen LogP contribution in [0.1, 0.15) is 43.9 Å². The van der Waals surface area contributed by atoms with E-state index in [1.165, 1.54) is 12.7 Å². The maximum Gasteiger partial charge on any atom is 0.334 e. The van der Waals surface area contributed by atoms with E-state index in [1.54, 1.807) is 0 Å². The molecule has 0 amide bonds. The molecular weight excluding hydrogens is 270 g/mol. The Bertz CT molecular complexity index is 456. The van der Waals surface area contributed by atoms with E-state index in [9.17, 15) is 9.70 Å². The number of carbonyl (C=O) groups excluding carboxylic acids is 1. The monoisotopic (exact) mass is 293 g/mol. The Labute approximate surface area is 125 Å². The molecule has 5 nitrogen and oxygen atoms in total. The van der Waals surface area contributed by atoms with E-state index in [0.29, 0.717) is 12.8 Å². The summed E-state index contributed by atoms with van der Waals surface area (Å²) in [6.07, 6.45) is 0.727. The molecule has 0 aliphatic heterocycles. The highest BCUT2D eigenvalue weighted by Gasteiger charge is 2.23. The van der Waals surface area contributed by atoms with Gasteiger partial charge in [-0.15, -0.1) is 4.91 Å². The van der Waals surface area contributed by atoms with Crippen molar-refractivity contribution >= 4 is 5.97 Å². The Morgan fingerprint density at radius 2 is 1.81 bits per heavy atom.